The summed E-state index contributed by atoms with van der Waals surface area (Å²) >= 11 is 19.8. The van der Waals surface area contributed by atoms with Crippen molar-refractivity contribution in [3.05, 3.63) is 62.5 Å². The first-order valence-electron chi connectivity index (χ1n) is 7.05. The molecule has 9 heteroatoms. The van der Waals surface area contributed by atoms with Crippen molar-refractivity contribution in [3.8, 4) is 5.69 Å². The van der Waals surface area contributed by atoms with Crippen molar-refractivity contribution in [1.29, 1.82) is 0 Å². The summed E-state index contributed by atoms with van der Waals surface area (Å²) in [4.78, 5) is 12.1. The zero-order valence-electron chi connectivity index (χ0n) is 12.6. The van der Waals surface area contributed by atoms with Crippen LogP contribution in [-0.4, -0.2) is 21.4 Å². The van der Waals surface area contributed by atoms with Gasteiger partial charge in [0.15, 0.2) is 8.29 Å². The van der Waals surface area contributed by atoms with Crippen LogP contribution in [0.15, 0.2) is 52.9 Å². The van der Waals surface area contributed by atoms with E-state index in [9.17, 15) is 4.79 Å². The minimum Gasteiger partial charge on any atom is -0.325 e. The van der Waals surface area contributed by atoms with Gasteiger partial charge in [-0.3, -0.25) is 4.79 Å². The number of amides is 1. The van der Waals surface area contributed by atoms with Crippen molar-refractivity contribution in [3.63, 3.8) is 0 Å². The highest BCUT2D eigenvalue weighted by Crippen LogP contribution is 2.25. The molecule has 4 nitrogen and oxygen atoms in total. The van der Waals surface area contributed by atoms with Crippen molar-refractivity contribution in [2.24, 2.45) is 0 Å². The summed E-state index contributed by atoms with van der Waals surface area (Å²) in [5.41, 5.74) is 1.50. The maximum atomic E-state index is 12.1. The van der Waals surface area contributed by atoms with E-state index in [0.717, 1.165) is 10.0 Å². The van der Waals surface area contributed by atoms with E-state index < -0.39 is 0 Å². The standard InChI is InChI=1S/C16H11Cl2N3OS3/c17-10-4-6-13(7-5-10)21-16(23)25-15(20-21)24-9-14(22)19-12-3-1-2-11(18)8-12/h1-8H,9H2,(H,19,22). The second-order valence-corrected chi connectivity index (χ2v) is 8.59. The third kappa shape index (κ3) is 5.05. The van der Waals surface area contributed by atoms with Crippen molar-refractivity contribution >= 4 is 70.1 Å². The molecule has 0 atom stereocenters. The van der Waals surface area contributed by atoms with Crippen LogP contribution in [0.2, 0.25) is 10.0 Å². The zero-order valence-corrected chi connectivity index (χ0v) is 16.6. The van der Waals surface area contributed by atoms with Crippen LogP contribution >= 0.6 is 58.5 Å². The molecule has 3 aromatic rings. The Bertz CT molecular complexity index is 954. The normalized spacial score (nSPS) is 10.6. The third-order valence-electron chi connectivity index (χ3n) is 3.04. The summed E-state index contributed by atoms with van der Waals surface area (Å²) in [6.07, 6.45) is 0. The van der Waals surface area contributed by atoms with Gasteiger partial charge in [0.1, 0.15) is 0 Å². The van der Waals surface area contributed by atoms with E-state index in [1.807, 2.05) is 12.1 Å². The fourth-order valence-corrected chi connectivity index (χ4v) is 4.43. The third-order valence-corrected chi connectivity index (χ3v) is 5.89. The number of thioether (sulfide) groups is 1. The molecule has 0 aliphatic heterocycles. The quantitative estimate of drug-likeness (QED) is 0.418. The molecule has 0 saturated carbocycles. The van der Waals surface area contributed by atoms with Crippen LogP contribution in [0.4, 0.5) is 5.69 Å². The van der Waals surface area contributed by atoms with Crippen molar-refractivity contribution in [2.75, 3.05) is 11.1 Å². The Morgan fingerprint density at radius 1 is 1.20 bits per heavy atom. The Hall–Kier alpha value is -1.38. The molecule has 0 aliphatic rings. The molecule has 0 spiro atoms. The molecule has 0 fully saturated rings. The van der Waals surface area contributed by atoms with Crippen LogP contribution in [-0.2, 0) is 4.79 Å². The number of halogens is 2. The Labute approximate surface area is 167 Å². The lowest BCUT2D eigenvalue weighted by Gasteiger charge is -2.04. The maximum absolute atomic E-state index is 12.1. The van der Waals surface area contributed by atoms with Gasteiger partial charge in [-0.15, -0.1) is 5.10 Å². The number of carbonyl (C=O) groups excluding carboxylic acids is 1. The summed E-state index contributed by atoms with van der Waals surface area (Å²) in [5.74, 6) is 0.0986. The maximum Gasteiger partial charge on any atom is 0.234 e. The van der Waals surface area contributed by atoms with E-state index in [2.05, 4.69) is 10.4 Å². The number of carbonyl (C=O) groups is 1. The number of rotatable bonds is 5. The summed E-state index contributed by atoms with van der Waals surface area (Å²) < 4.78 is 2.99. The molecule has 1 heterocycles. The molecule has 3 rings (SSSR count). The van der Waals surface area contributed by atoms with Gasteiger partial charge >= 0.3 is 0 Å². The number of hydrogen-bond acceptors (Lipinski definition) is 5. The molecular weight excluding hydrogens is 417 g/mol. The van der Waals surface area contributed by atoms with Crippen molar-refractivity contribution in [2.45, 2.75) is 4.34 Å². The van der Waals surface area contributed by atoms with Crippen LogP contribution in [0, 0.1) is 3.95 Å². The molecule has 2 aromatic carbocycles. The van der Waals surface area contributed by atoms with Gasteiger partial charge in [-0.1, -0.05) is 52.4 Å². The fourth-order valence-electron chi connectivity index (χ4n) is 1.96. The summed E-state index contributed by atoms with van der Waals surface area (Å²) in [5, 5.41) is 8.47. The summed E-state index contributed by atoms with van der Waals surface area (Å²) in [7, 11) is 0. The van der Waals surface area contributed by atoms with Gasteiger partial charge < -0.3 is 5.32 Å². The first kappa shape index (κ1) is 18.4. The molecule has 25 heavy (non-hydrogen) atoms. The minimum absolute atomic E-state index is 0.133. The average molecular weight is 428 g/mol. The molecule has 0 aliphatic carbocycles. The second kappa shape index (κ2) is 8.33. The first-order chi connectivity index (χ1) is 12.0. The molecule has 1 amide bonds. The van der Waals surface area contributed by atoms with Crippen LogP contribution < -0.4 is 5.32 Å². The first-order valence-corrected chi connectivity index (χ1v) is 10.0. The second-order valence-electron chi connectivity index (χ2n) is 4.87. The van der Waals surface area contributed by atoms with Gasteiger partial charge in [0.25, 0.3) is 0 Å². The number of nitrogens with zero attached hydrogens (tertiary/aromatic N) is 2. The largest absolute Gasteiger partial charge is 0.325 e. The molecule has 128 valence electrons. The summed E-state index contributed by atoms with van der Waals surface area (Å²) in [6, 6.07) is 14.3. The lowest BCUT2D eigenvalue weighted by atomic mass is 10.3. The SMILES string of the molecule is O=C(CSc1nn(-c2ccc(Cl)cc2)c(=S)s1)Nc1cccc(Cl)c1. The van der Waals surface area contributed by atoms with Gasteiger partial charge in [0.2, 0.25) is 5.91 Å². The number of anilines is 1. The van der Waals surface area contributed by atoms with Crippen molar-refractivity contribution in [1.82, 2.24) is 9.78 Å². The van der Waals surface area contributed by atoms with E-state index in [-0.39, 0.29) is 11.7 Å². The van der Waals surface area contributed by atoms with Gasteiger partial charge in [0, 0.05) is 15.7 Å². The topological polar surface area (TPSA) is 46.9 Å². The Morgan fingerprint density at radius 2 is 1.96 bits per heavy atom. The van der Waals surface area contributed by atoms with Gasteiger partial charge in [-0.25, -0.2) is 4.68 Å². The number of aromatic nitrogens is 2. The van der Waals surface area contributed by atoms with Crippen LogP contribution in [0.25, 0.3) is 5.69 Å². The van der Waals surface area contributed by atoms with E-state index in [1.165, 1.54) is 23.1 Å². The van der Waals surface area contributed by atoms with E-state index in [0.29, 0.717) is 19.7 Å². The highest BCUT2D eigenvalue weighted by atomic mass is 35.5. The zero-order chi connectivity index (χ0) is 17.8. The van der Waals surface area contributed by atoms with Gasteiger partial charge in [-0.2, -0.15) is 0 Å². The lowest BCUT2D eigenvalue weighted by Crippen LogP contribution is -2.13. The molecule has 1 N–H and O–H groups in total. The molecule has 0 saturated heterocycles. The highest BCUT2D eigenvalue weighted by Gasteiger charge is 2.10. The van der Waals surface area contributed by atoms with Crippen LogP contribution in [0.5, 0.6) is 0 Å². The van der Waals surface area contributed by atoms with Crippen LogP contribution in [0.3, 0.4) is 0 Å². The predicted molar refractivity (Wildman–Crippen MR) is 108 cm³/mol. The monoisotopic (exact) mass is 427 g/mol. The fraction of sp³-hybridized carbons (Fsp3) is 0.0625. The molecule has 0 bridgehead atoms. The Balaban J connectivity index is 1.64. The molecule has 0 unspecified atom stereocenters. The Morgan fingerprint density at radius 3 is 2.68 bits per heavy atom. The van der Waals surface area contributed by atoms with E-state index in [4.69, 9.17) is 35.4 Å². The van der Waals surface area contributed by atoms with E-state index >= 15 is 0 Å². The smallest absolute Gasteiger partial charge is 0.234 e. The van der Waals surface area contributed by atoms with Crippen LogP contribution in [0.1, 0.15) is 0 Å². The highest BCUT2D eigenvalue weighted by molar-refractivity contribution is 8.01. The van der Waals surface area contributed by atoms with Gasteiger partial charge in [-0.05, 0) is 54.7 Å². The average Bonchev–Trinajstić information content (AvgIpc) is 2.95. The number of nitrogens with one attached hydrogen (secondary N) is 1. The van der Waals surface area contributed by atoms with Crippen molar-refractivity contribution < 1.29 is 4.79 Å². The summed E-state index contributed by atoms with van der Waals surface area (Å²) in [6.45, 7) is 0. The predicted octanol–water partition coefficient (Wildman–Crippen LogP) is 5.70. The van der Waals surface area contributed by atoms with Gasteiger partial charge in [0.05, 0.1) is 11.4 Å². The van der Waals surface area contributed by atoms with E-state index in [1.54, 1.807) is 41.1 Å². The lowest BCUT2D eigenvalue weighted by molar-refractivity contribution is -0.113. The molecule has 0 radical (unpaired) electrons. The minimum atomic E-state index is -0.133. The molecule has 1 aromatic heterocycles. The molecular formula is C16H11Cl2N3OS3. The number of hydrogen-bond donors (Lipinski definition) is 1. The number of benzene rings is 2. The Kier molecular flexibility index (Phi) is 6.14.